The largest absolute Gasteiger partial charge is 0.305 e. The van der Waals surface area contributed by atoms with Crippen LogP contribution in [0, 0.1) is 0 Å². The number of fused-ring (bicyclic) bond motifs is 1. The molecule has 2 aromatic heterocycles. The molecule has 0 aliphatic carbocycles. The van der Waals surface area contributed by atoms with Crippen LogP contribution in [-0.4, -0.2) is 25.5 Å². The summed E-state index contributed by atoms with van der Waals surface area (Å²) in [5.41, 5.74) is 0.985. The zero-order valence-electron chi connectivity index (χ0n) is 15.0. The highest BCUT2D eigenvalue weighted by atomic mass is 79.9. The van der Waals surface area contributed by atoms with Gasteiger partial charge in [-0.15, -0.1) is 0 Å². The second-order valence-corrected chi connectivity index (χ2v) is 7.20. The maximum absolute atomic E-state index is 12.9. The third-order valence-corrected chi connectivity index (χ3v) is 4.84. The summed E-state index contributed by atoms with van der Waals surface area (Å²) in [7, 11) is 1.53. The van der Waals surface area contributed by atoms with Crippen molar-refractivity contribution < 1.29 is 4.79 Å². The molecule has 2 aromatic carbocycles. The van der Waals surface area contributed by atoms with Crippen molar-refractivity contribution in [1.29, 1.82) is 0 Å². The quantitative estimate of drug-likeness (QED) is 0.531. The third-order valence-electron chi connectivity index (χ3n) is 4.35. The summed E-state index contributed by atoms with van der Waals surface area (Å²) in [6, 6.07) is 16.5. The lowest BCUT2D eigenvalue weighted by Gasteiger charge is -2.11. The number of aromatic nitrogens is 4. The normalized spacial score (nSPS) is 10.9. The predicted molar refractivity (Wildman–Crippen MR) is 110 cm³/mol. The van der Waals surface area contributed by atoms with Crippen LogP contribution in [0.2, 0.25) is 0 Å². The molecule has 0 atom stereocenters. The lowest BCUT2D eigenvalue weighted by atomic mass is 10.1. The van der Waals surface area contributed by atoms with Gasteiger partial charge in [0.05, 0.1) is 18.1 Å². The molecule has 0 radical (unpaired) electrons. The fourth-order valence-corrected chi connectivity index (χ4v) is 3.46. The molecule has 0 saturated carbocycles. The Bertz CT molecular complexity index is 1240. The van der Waals surface area contributed by atoms with Gasteiger partial charge in [0.1, 0.15) is 5.82 Å². The molecule has 0 fully saturated rings. The molecule has 0 aliphatic rings. The monoisotopic (exact) mass is 437 g/mol. The van der Waals surface area contributed by atoms with Gasteiger partial charge >= 0.3 is 0 Å². The minimum absolute atomic E-state index is 0.188. The number of amides is 1. The van der Waals surface area contributed by atoms with E-state index < -0.39 is 5.91 Å². The molecular weight excluding hydrogens is 422 g/mol. The van der Waals surface area contributed by atoms with E-state index in [-0.39, 0.29) is 11.3 Å². The number of halogens is 1. The summed E-state index contributed by atoms with van der Waals surface area (Å²) >= 11 is 3.46. The maximum Gasteiger partial charge on any atom is 0.277 e. The number of aryl methyl sites for hydroxylation is 1. The Balaban J connectivity index is 1.66. The van der Waals surface area contributed by atoms with Gasteiger partial charge in [0.25, 0.3) is 11.5 Å². The number of carbonyl (C=O) groups is 1. The van der Waals surface area contributed by atoms with E-state index in [0.29, 0.717) is 23.1 Å². The minimum Gasteiger partial charge on any atom is -0.305 e. The molecule has 140 valence electrons. The molecule has 0 bridgehead atoms. The summed E-state index contributed by atoms with van der Waals surface area (Å²) in [6.45, 7) is 0.503. The molecule has 0 saturated heterocycles. The first-order chi connectivity index (χ1) is 13.5. The fourth-order valence-electron chi connectivity index (χ4n) is 3.02. The topological polar surface area (TPSA) is 81.8 Å². The molecule has 28 heavy (non-hydrogen) atoms. The van der Waals surface area contributed by atoms with E-state index >= 15 is 0 Å². The van der Waals surface area contributed by atoms with Gasteiger partial charge in [-0.3, -0.25) is 9.59 Å². The average Bonchev–Trinajstić information content (AvgIpc) is 3.11. The molecule has 4 aromatic rings. The molecular formula is C20H16BrN5O2. The number of anilines is 1. The van der Waals surface area contributed by atoms with Crippen molar-refractivity contribution in [3.8, 4) is 0 Å². The Kier molecular flexibility index (Phi) is 4.79. The van der Waals surface area contributed by atoms with E-state index in [0.717, 1.165) is 10.0 Å². The number of hydrogen-bond donors (Lipinski definition) is 1. The molecule has 0 unspecified atom stereocenters. The highest BCUT2D eigenvalue weighted by molar-refractivity contribution is 9.10. The molecule has 1 amide bonds. The predicted octanol–water partition coefficient (Wildman–Crippen LogP) is 3.19. The Hall–Kier alpha value is -3.26. The number of carbonyl (C=O) groups excluding carboxylic acids is 1. The van der Waals surface area contributed by atoms with Gasteiger partial charge in [-0.25, -0.2) is 9.36 Å². The number of benzene rings is 2. The molecule has 8 heteroatoms. The van der Waals surface area contributed by atoms with E-state index in [9.17, 15) is 9.59 Å². The average molecular weight is 438 g/mol. The van der Waals surface area contributed by atoms with Gasteiger partial charge in [-0.1, -0.05) is 46.3 Å². The van der Waals surface area contributed by atoms with E-state index in [4.69, 9.17) is 0 Å². The summed E-state index contributed by atoms with van der Waals surface area (Å²) < 4.78 is 3.85. The SMILES string of the molecule is Cn1nc(C(=O)Nc2ccnn2Cc2cccc(Br)c2)c2ccccc2c1=O. The van der Waals surface area contributed by atoms with Crippen molar-refractivity contribution in [1.82, 2.24) is 19.6 Å². The van der Waals surface area contributed by atoms with E-state index in [1.54, 1.807) is 41.2 Å². The zero-order valence-corrected chi connectivity index (χ0v) is 16.5. The third kappa shape index (κ3) is 3.46. The van der Waals surface area contributed by atoms with Gasteiger partial charge in [-0.2, -0.15) is 10.2 Å². The highest BCUT2D eigenvalue weighted by Gasteiger charge is 2.17. The van der Waals surface area contributed by atoms with Crippen molar-refractivity contribution >= 4 is 38.4 Å². The van der Waals surface area contributed by atoms with Crippen molar-refractivity contribution in [2.45, 2.75) is 6.54 Å². The molecule has 0 aliphatic heterocycles. The van der Waals surface area contributed by atoms with Crippen LogP contribution in [0.25, 0.3) is 10.8 Å². The molecule has 0 spiro atoms. The summed E-state index contributed by atoms with van der Waals surface area (Å²) in [5, 5.41) is 12.3. The molecule has 7 nitrogen and oxygen atoms in total. The molecule has 1 N–H and O–H groups in total. The lowest BCUT2D eigenvalue weighted by Crippen LogP contribution is -2.26. The van der Waals surface area contributed by atoms with Crippen LogP contribution in [0.4, 0.5) is 5.82 Å². The van der Waals surface area contributed by atoms with Crippen LogP contribution in [0.15, 0.2) is 70.1 Å². The lowest BCUT2D eigenvalue weighted by molar-refractivity contribution is 0.102. The van der Waals surface area contributed by atoms with E-state index in [2.05, 4.69) is 31.4 Å². The smallest absolute Gasteiger partial charge is 0.277 e. The summed E-state index contributed by atoms with van der Waals surface area (Å²) in [6.07, 6.45) is 1.62. The van der Waals surface area contributed by atoms with Gasteiger partial charge in [0.2, 0.25) is 0 Å². The zero-order chi connectivity index (χ0) is 19.7. The number of hydrogen-bond acceptors (Lipinski definition) is 4. The molecule has 2 heterocycles. The Morgan fingerprint density at radius 2 is 1.89 bits per heavy atom. The van der Waals surface area contributed by atoms with Crippen molar-refractivity contribution in [2.75, 3.05) is 5.32 Å². The van der Waals surface area contributed by atoms with Gasteiger partial charge < -0.3 is 5.32 Å². The first-order valence-corrected chi connectivity index (χ1v) is 9.36. The summed E-state index contributed by atoms with van der Waals surface area (Å²) in [4.78, 5) is 25.2. The Morgan fingerprint density at radius 3 is 2.68 bits per heavy atom. The minimum atomic E-state index is -0.400. The van der Waals surface area contributed by atoms with Crippen LogP contribution in [0.3, 0.4) is 0 Å². The van der Waals surface area contributed by atoms with Gasteiger partial charge in [-0.05, 0) is 23.8 Å². The maximum atomic E-state index is 12.9. The number of nitrogens with zero attached hydrogens (tertiary/aromatic N) is 4. The van der Waals surface area contributed by atoms with Crippen LogP contribution in [0.5, 0.6) is 0 Å². The van der Waals surface area contributed by atoms with Crippen molar-refractivity contribution in [3.63, 3.8) is 0 Å². The Morgan fingerprint density at radius 1 is 1.11 bits per heavy atom. The standard InChI is InChI=1S/C20H16BrN5O2/c1-25-20(28)16-8-3-2-7-15(16)18(24-25)19(27)23-17-9-10-22-26(17)12-13-5-4-6-14(21)11-13/h2-11H,12H2,1H3,(H,23,27). The second kappa shape index (κ2) is 7.40. The fraction of sp³-hybridized carbons (Fsp3) is 0.100. The summed E-state index contributed by atoms with van der Waals surface area (Å²) in [5.74, 6) is 0.146. The van der Waals surface area contributed by atoms with Crippen LogP contribution < -0.4 is 10.9 Å². The van der Waals surface area contributed by atoms with Crippen LogP contribution in [0.1, 0.15) is 16.1 Å². The van der Waals surface area contributed by atoms with Crippen molar-refractivity contribution in [3.05, 3.63) is 86.9 Å². The van der Waals surface area contributed by atoms with E-state index in [1.165, 1.54) is 11.7 Å². The second-order valence-electron chi connectivity index (χ2n) is 6.28. The first-order valence-electron chi connectivity index (χ1n) is 8.56. The van der Waals surface area contributed by atoms with Crippen LogP contribution >= 0.6 is 15.9 Å². The van der Waals surface area contributed by atoms with Gasteiger partial charge in [0, 0.05) is 23.0 Å². The highest BCUT2D eigenvalue weighted by Crippen LogP contribution is 2.17. The van der Waals surface area contributed by atoms with Crippen LogP contribution in [-0.2, 0) is 13.6 Å². The first kappa shape index (κ1) is 18.1. The van der Waals surface area contributed by atoms with Gasteiger partial charge in [0.15, 0.2) is 5.69 Å². The van der Waals surface area contributed by atoms with E-state index in [1.807, 2.05) is 24.3 Å². The number of nitrogens with one attached hydrogen (secondary N) is 1. The Labute approximate surface area is 168 Å². The molecule has 4 rings (SSSR count). The number of rotatable bonds is 4. The van der Waals surface area contributed by atoms with Crippen molar-refractivity contribution in [2.24, 2.45) is 7.05 Å².